The van der Waals surface area contributed by atoms with Crippen LogP contribution in [0.15, 0.2) is 72.9 Å². The van der Waals surface area contributed by atoms with Crippen molar-refractivity contribution in [1.82, 2.24) is 9.99 Å². The van der Waals surface area contributed by atoms with Gasteiger partial charge in [0.1, 0.15) is 11.9 Å². The molecule has 1 atom stereocenters. The predicted octanol–water partition coefficient (Wildman–Crippen LogP) is 3.14. The van der Waals surface area contributed by atoms with E-state index in [0.29, 0.717) is 5.69 Å². The molecule has 2 aromatic carbocycles. The number of fused-ring (bicyclic) bond motifs is 1. The fraction of sp³-hybridized carbons (Fsp3) is 0.0556. The summed E-state index contributed by atoms with van der Waals surface area (Å²) in [5.41, 5.74) is 6.94. The second-order valence-corrected chi connectivity index (χ2v) is 5.26. The smallest absolute Gasteiger partial charge is 0.272 e. The third kappa shape index (κ3) is 2.05. The van der Waals surface area contributed by atoms with E-state index in [1.54, 1.807) is 4.68 Å². The standard InChI is InChI=1S/C18H15N3O/c22-18-16-15(13-7-3-1-4-8-13)11-12-21(16)20-17(19-18)14-9-5-2-6-10-14/h1-12,17,20H,(H,19,22). The van der Waals surface area contributed by atoms with Crippen LogP contribution in [0, 0.1) is 0 Å². The first-order valence-electron chi connectivity index (χ1n) is 7.22. The Labute approximate surface area is 128 Å². The highest BCUT2D eigenvalue weighted by Crippen LogP contribution is 2.27. The highest BCUT2D eigenvalue weighted by Gasteiger charge is 2.27. The Morgan fingerprint density at radius 1 is 0.864 bits per heavy atom. The van der Waals surface area contributed by atoms with Crippen molar-refractivity contribution in [2.75, 3.05) is 5.43 Å². The molecular weight excluding hydrogens is 274 g/mol. The summed E-state index contributed by atoms with van der Waals surface area (Å²) in [7, 11) is 0. The van der Waals surface area contributed by atoms with E-state index < -0.39 is 0 Å². The normalized spacial score (nSPS) is 16.5. The number of carbonyl (C=O) groups excluding carboxylic acids is 1. The van der Waals surface area contributed by atoms with Gasteiger partial charge < -0.3 is 5.32 Å². The number of nitrogens with one attached hydrogen (secondary N) is 2. The predicted molar refractivity (Wildman–Crippen MR) is 85.9 cm³/mol. The van der Waals surface area contributed by atoms with Gasteiger partial charge in [-0.05, 0) is 17.2 Å². The number of rotatable bonds is 2. The van der Waals surface area contributed by atoms with Gasteiger partial charge in [0.05, 0.1) is 0 Å². The summed E-state index contributed by atoms with van der Waals surface area (Å²) in [5.74, 6) is -0.0727. The molecule has 0 spiro atoms. The van der Waals surface area contributed by atoms with Crippen molar-refractivity contribution in [2.45, 2.75) is 6.17 Å². The molecule has 2 N–H and O–H groups in total. The summed E-state index contributed by atoms with van der Waals surface area (Å²) in [6, 6.07) is 21.8. The average molecular weight is 289 g/mol. The number of hydrogen-bond donors (Lipinski definition) is 2. The van der Waals surface area contributed by atoms with Gasteiger partial charge in [-0.3, -0.25) is 14.9 Å². The van der Waals surface area contributed by atoms with E-state index in [2.05, 4.69) is 10.7 Å². The van der Waals surface area contributed by atoms with Gasteiger partial charge in [0, 0.05) is 11.8 Å². The van der Waals surface area contributed by atoms with Crippen molar-refractivity contribution in [3.8, 4) is 11.1 Å². The van der Waals surface area contributed by atoms with Gasteiger partial charge in [0.15, 0.2) is 0 Å². The van der Waals surface area contributed by atoms with Gasteiger partial charge in [-0.15, -0.1) is 0 Å². The molecule has 2 heterocycles. The number of benzene rings is 2. The van der Waals surface area contributed by atoms with Crippen molar-refractivity contribution in [3.63, 3.8) is 0 Å². The maximum atomic E-state index is 12.6. The molecule has 0 saturated carbocycles. The largest absolute Gasteiger partial charge is 0.325 e. The maximum absolute atomic E-state index is 12.6. The van der Waals surface area contributed by atoms with E-state index in [-0.39, 0.29) is 12.1 Å². The molecule has 1 unspecified atom stereocenters. The lowest BCUT2D eigenvalue weighted by Crippen LogP contribution is -2.44. The number of hydrogen-bond acceptors (Lipinski definition) is 2. The number of aromatic nitrogens is 1. The van der Waals surface area contributed by atoms with Crippen molar-refractivity contribution < 1.29 is 4.79 Å². The Bertz CT molecular complexity index is 809. The third-order valence-corrected chi connectivity index (χ3v) is 3.86. The molecule has 0 fully saturated rings. The third-order valence-electron chi connectivity index (χ3n) is 3.86. The van der Waals surface area contributed by atoms with Crippen LogP contribution < -0.4 is 10.7 Å². The lowest BCUT2D eigenvalue weighted by Gasteiger charge is -2.28. The quantitative estimate of drug-likeness (QED) is 0.761. The number of carbonyl (C=O) groups is 1. The zero-order valence-corrected chi connectivity index (χ0v) is 11.9. The summed E-state index contributed by atoms with van der Waals surface area (Å²) >= 11 is 0. The summed E-state index contributed by atoms with van der Waals surface area (Å²) in [4.78, 5) is 12.6. The Morgan fingerprint density at radius 2 is 1.55 bits per heavy atom. The van der Waals surface area contributed by atoms with Gasteiger partial charge in [0.2, 0.25) is 0 Å². The Hall–Kier alpha value is -3.01. The van der Waals surface area contributed by atoms with Gasteiger partial charge in [0.25, 0.3) is 5.91 Å². The summed E-state index contributed by atoms with van der Waals surface area (Å²) in [6.07, 6.45) is 1.67. The van der Waals surface area contributed by atoms with Crippen LogP contribution in [0.25, 0.3) is 11.1 Å². The molecule has 0 bridgehead atoms. The van der Waals surface area contributed by atoms with Gasteiger partial charge in [-0.25, -0.2) is 0 Å². The molecule has 1 aromatic heterocycles. The Kier molecular flexibility index (Phi) is 2.93. The minimum absolute atomic E-state index is 0.0727. The zero-order valence-electron chi connectivity index (χ0n) is 11.9. The molecule has 1 aliphatic rings. The van der Waals surface area contributed by atoms with Crippen LogP contribution in [0.3, 0.4) is 0 Å². The van der Waals surface area contributed by atoms with Crippen LogP contribution in [-0.2, 0) is 0 Å². The van der Waals surface area contributed by atoms with Crippen molar-refractivity contribution in [1.29, 1.82) is 0 Å². The molecule has 1 amide bonds. The van der Waals surface area contributed by atoms with Crippen LogP contribution in [0.2, 0.25) is 0 Å². The van der Waals surface area contributed by atoms with Crippen molar-refractivity contribution in [2.24, 2.45) is 0 Å². The van der Waals surface area contributed by atoms with E-state index in [1.807, 2.05) is 72.9 Å². The monoisotopic (exact) mass is 289 g/mol. The lowest BCUT2D eigenvalue weighted by atomic mass is 10.1. The molecule has 0 radical (unpaired) electrons. The van der Waals surface area contributed by atoms with Gasteiger partial charge >= 0.3 is 0 Å². The van der Waals surface area contributed by atoms with Crippen LogP contribution in [0.1, 0.15) is 22.2 Å². The van der Waals surface area contributed by atoms with Crippen LogP contribution >= 0.6 is 0 Å². The molecule has 1 aliphatic heterocycles. The number of amides is 1. The van der Waals surface area contributed by atoms with Crippen LogP contribution in [-0.4, -0.2) is 10.6 Å². The maximum Gasteiger partial charge on any atom is 0.272 e. The SMILES string of the molecule is O=C1NC(c2ccccc2)Nn2ccc(-c3ccccc3)c21. The Morgan fingerprint density at radius 3 is 2.27 bits per heavy atom. The fourth-order valence-corrected chi connectivity index (χ4v) is 2.80. The van der Waals surface area contributed by atoms with Gasteiger partial charge in [-0.1, -0.05) is 60.7 Å². The highest BCUT2D eigenvalue weighted by atomic mass is 16.2. The van der Waals surface area contributed by atoms with Gasteiger partial charge in [-0.2, -0.15) is 0 Å². The van der Waals surface area contributed by atoms with Crippen LogP contribution in [0.4, 0.5) is 0 Å². The minimum Gasteiger partial charge on any atom is -0.325 e. The summed E-state index contributed by atoms with van der Waals surface area (Å²) < 4.78 is 1.80. The molecule has 4 rings (SSSR count). The van der Waals surface area contributed by atoms with E-state index in [9.17, 15) is 4.79 Å². The first-order chi connectivity index (χ1) is 10.8. The van der Waals surface area contributed by atoms with Crippen LogP contribution in [0.5, 0.6) is 0 Å². The molecule has 4 nitrogen and oxygen atoms in total. The average Bonchev–Trinajstić information content (AvgIpc) is 3.01. The topological polar surface area (TPSA) is 46.1 Å². The second-order valence-electron chi connectivity index (χ2n) is 5.26. The molecule has 0 saturated heterocycles. The Balaban J connectivity index is 1.73. The molecular formula is C18H15N3O. The summed E-state index contributed by atoms with van der Waals surface area (Å²) in [5, 5.41) is 3.01. The molecule has 22 heavy (non-hydrogen) atoms. The zero-order chi connectivity index (χ0) is 14.9. The summed E-state index contributed by atoms with van der Waals surface area (Å²) in [6.45, 7) is 0. The van der Waals surface area contributed by atoms with E-state index in [1.165, 1.54) is 0 Å². The fourth-order valence-electron chi connectivity index (χ4n) is 2.80. The minimum atomic E-state index is -0.225. The lowest BCUT2D eigenvalue weighted by molar-refractivity contribution is 0.0916. The van der Waals surface area contributed by atoms with E-state index >= 15 is 0 Å². The van der Waals surface area contributed by atoms with E-state index in [4.69, 9.17) is 0 Å². The van der Waals surface area contributed by atoms with E-state index in [0.717, 1.165) is 16.7 Å². The first-order valence-corrected chi connectivity index (χ1v) is 7.22. The number of nitrogens with zero attached hydrogens (tertiary/aromatic N) is 1. The molecule has 108 valence electrons. The van der Waals surface area contributed by atoms with Crippen molar-refractivity contribution >= 4 is 5.91 Å². The highest BCUT2D eigenvalue weighted by molar-refractivity contribution is 6.00. The second kappa shape index (κ2) is 5.07. The molecule has 0 aliphatic carbocycles. The molecule has 3 aromatic rings. The van der Waals surface area contributed by atoms with Crippen molar-refractivity contribution in [3.05, 3.63) is 84.2 Å². The molecule has 4 heteroatoms. The first kappa shape index (κ1) is 12.7.